The fraction of sp³-hybridized carbons (Fsp3) is 0.357. The number of aliphatic carboxylic acids is 1. The largest absolute Gasteiger partial charge is 0.480 e. The molecule has 7 heteroatoms. The number of hydrogen-bond acceptors (Lipinski definition) is 4. The predicted molar refractivity (Wildman–Crippen MR) is 74.5 cm³/mol. The molecular weight excluding hydrogens is 276 g/mol. The maximum Gasteiger partial charge on any atom is 0.408 e. The van der Waals surface area contributed by atoms with Gasteiger partial charge in [0, 0.05) is 0 Å². The fourth-order valence-electron chi connectivity index (χ4n) is 1.41. The fourth-order valence-corrected chi connectivity index (χ4v) is 1.41. The van der Waals surface area contributed by atoms with Crippen LogP contribution in [0.1, 0.15) is 19.4 Å². The molecule has 0 radical (unpaired) electrons. The molecule has 0 aliphatic carbocycles. The molecule has 0 saturated carbocycles. The van der Waals surface area contributed by atoms with Gasteiger partial charge in [0.1, 0.15) is 18.7 Å². The number of nitrogens with one attached hydrogen (secondary N) is 2. The van der Waals surface area contributed by atoms with Gasteiger partial charge in [-0.1, -0.05) is 30.3 Å². The van der Waals surface area contributed by atoms with Gasteiger partial charge in [-0.05, 0) is 19.4 Å². The number of ether oxygens (including phenoxy) is 1. The standard InChI is InChI=1S/C14H18N2O5/c1-9(12(17)15-10(2)13(18)19)16-14(20)21-8-11-6-4-3-5-7-11/h3-7,9-10H,8H2,1-2H3,(H,15,17)(H,16,20)(H,18,19)/t9-,10-/m0/s1. The zero-order valence-electron chi connectivity index (χ0n) is 11.8. The molecule has 0 bridgehead atoms. The van der Waals surface area contributed by atoms with Crippen LogP contribution in [0.15, 0.2) is 30.3 Å². The van der Waals surface area contributed by atoms with Gasteiger partial charge in [-0.3, -0.25) is 9.59 Å². The second-order valence-corrected chi connectivity index (χ2v) is 4.50. The Balaban J connectivity index is 2.36. The minimum atomic E-state index is -1.15. The van der Waals surface area contributed by atoms with Crippen molar-refractivity contribution in [2.24, 2.45) is 0 Å². The zero-order valence-corrected chi connectivity index (χ0v) is 11.8. The maximum atomic E-state index is 11.6. The quantitative estimate of drug-likeness (QED) is 0.722. The zero-order chi connectivity index (χ0) is 15.8. The summed E-state index contributed by atoms with van der Waals surface area (Å²) in [5.41, 5.74) is 0.823. The van der Waals surface area contributed by atoms with Gasteiger partial charge in [0.25, 0.3) is 0 Å². The van der Waals surface area contributed by atoms with E-state index in [4.69, 9.17) is 9.84 Å². The van der Waals surface area contributed by atoms with Crippen molar-refractivity contribution in [1.29, 1.82) is 0 Å². The lowest BCUT2D eigenvalue weighted by atomic mass is 10.2. The third kappa shape index (κ3) is 5.94. The van der Waals surface area contributed by atoms with E-state index in [0.29, 0.717) is 0 Å². The molecule has 1 aromatic carbocycles. The van der Waals surface area contributed by atoms with E-state index in [-0.39, 0.29) is 6.61 Å². The van der Waals surface area contributed by atoms with E-state index in [1.807, 2.05) is 18.2 Å². The number of carbonyl (C=O) groups excluding carboxylic acids is 2. The minimum absolute atomic E-state index is 0.0898. The van der Waals surface area contributed by atoms with Crippen LogP contribution in [0.5, 0.6) is 0 Å². The van der Waals surface area contributed by atoms with Crippen molar-refractivity contribution in [3.63, 3.8) is 0 Å². The molecule has 0 unspecified atom stereocenters. The lowest BCUT2D eigenvalue weighted by molar-refractivity contribution is -0.141. The summed E-state index contributed by atoms with van der Waals surface area (Å²) in [6.07, 6.45) is -0.746. The van der Waals surface area contributed by atoms with Crippen LogP contribution in [0.3, 0.4) is 0 Å². The van der Waals surface area contributed by atoms with Gasteiger partial charge in [-0.25, -0.2) is 4.79 Å². The normalized spacial score (nSPS) is 12.9. The van der Waals surface area contributed by atoms with Gasteiger partial charge in [0.2, 0.25) is 5.91 Å². The van der Waals surface area contributed by atoms with Crippen LogP contribution >= 0.6 is 0 Å². The maximum absolute atomic E-state index is 11.6. The monoisotopic (exact) mass is 294 g/mol. The molecule has 3 N–H and O–H groups in total. The Kier molecular flexibility index (Phi) is 6.19. The Morgan fingerprint density at radius 1 is 1.10 bits per heavy atom. The number of carboxylic acids is 1. The Labute approximate surface area is 122 Å². The van der Waals surface area contributed by atoms with Crippen LogP contribution < -0.4 is 10.6 Å². The highest BCUT2D eigenvalue weighted by Crippen LogP contribution is 2.00. The van der Waals surface area contributed by atoms with E-state index in [0.717, 1.165) is 5.56 Å². The molecular formula is C14H18N2O5. The third-order valence-electron chi connectivity index (χ3n) is 2.67. The van der Waals surface area contributed by atoms with E-state index in [1.54, 1.807) is 12.1 Å². The molecule has 2 amide bonds. The lowest BCUT2D eigenvalue weighted by Crippen LogP contribution is -2.49. The van der Waals surface area contributed by atoms with Gasteiger partial charge >= 0.3 is 12.1 Å². The summed E-state index contributed by atoms with van der Waals surface area (Å²) < 4.78 is 4.95. The highest BCUT2D eigenvalue weighted by molar-refractivity contribution is 5.88. The molecule has 0 spiro atoms. The molecule has 1 aromatic rings. The summed E-state index contributed by atoms with van der Waals surface area (Å²) in [5.74, 6) is -1.75. The predicted octanol–water partition coefficient (Wildman–Crippen LogP) is 0.891. The van der Waals surface area contributed by atoms with Gasteiger partial charge in [0.15, 0.2) is 0 Å². The highest BCUT2D eigenvalue weighted by atomic mass is 16.5. The van der Waals surface area contributed by atoms with E-state index >= 15 is 0 Å². The number of alkyl carbamates (subject to hydrolysis) is 1. The SMILES string of the molecule is C[C@H](NC(=O)[C@H](C)NC(=O)OCc1ccccc1)C(=O)O. The first-order valence-electron chi connectivity index (χ1n) is 6.40. The number of benzene rings is 1. The van der Waals surface area contributed by atoms with Crippen LogP contribution in [0.25, 0.3) is 0 Å². The summed E-state index contributed by atoms with van der Waals surface area (Å²) in [5, 5.41) is 13.3. The van der Waals surface area contributed by atoms with Crippen LogP contribution in [0.2, 0.25) is 0 Å². The molecule has 0 aromatic heterocycles. The van der Waals surface area contributed by atoms with Gasteiger partial charge < -0.3 is 20.5 Å². The second-order valence-electron chi connectivity index (χ2n) is 4.50. The van der Waals surface area contributed by atoms with Crippen molar-refractivity contribution >= 4 is 18.0 Å². The molecule has 0 aliphatic rings. The minimum Gasteiger partial charge on any atom is -0.480 e. The van der Waals surface area contributed by atoms with E-state index in [9.17, 15) is 14.4 Å². The third-order valence-corrected chi connectivity index (χ3v) is 2.67. The summed E-state index contributed by atoms with van der Waals surface area (Å²) in [6.45, 7) is 2.86. The smallest absolute Gasteiger partial charge is 0.408 e. The number of rotatable bonds is 6. The molecule has 114 valence electrons. The molecule has 0 fully saturated rings. The molecule has 7 nitrogen and oxygen atoms in total. The Bertz CT molecular complexity index is 503. The molecule has 21 heavy (non-hydrogen) atoms. The van der Waals surface area contributed by atoms with Gasteiger partial charge in [0.05, 0.1) is 0 Å². The Hall–Kier alpha value is -2.57. The average Bonchev–Trinajstić information content (AvgIpc) is 2.45. The van der Waals surface area contributed by atoms with Crippen LogP contribution in [-0.2, 0) is 20.9 Å². The molecule has 2 atom stereocenters. The first kappa shape index (κ1) is 16.5. The van der Waals surface area contributed by atoms with Crippen molar-refractivity contribution < 1.29 is 24.2 Å². The summed E-state index contributed by atoms with van der Waals surface area (Å²) in [6, 6.07) is 7.17. The number of amides is 2. The second kappa shape index (κ2) is 7.88. The summed E-state index contributed by atoms with van der Waals surface area (Å²) in [7, 11) is 0. The Morgan fingerprint density at radius 3 is 2.29 bits per heavy atom. The van der Waals surface area contributed by atoms with Crippen LogP contribution in [-0.4, -0.2) is 35.2 Å². The molecule has 0 heterocycles. The van der Waals surface area contributed by atoms with Crippen LogP contribution in [0.4, 0.5) is 4.79 Å². The molecule has 1 rings (SSSR count). The first-order chi connectivity index (χ1) is 9.90. The van der Waals surface area contributed by atoms with Crippen molar-refractivity contribution in [2.45, 2.75) is 32.5 Å². The highest BCUT2D eigenvalue weighted by Gasteiger charge is 2.20. The number of hydrogen-bond donors (Lipinski definition) is 3. The van der Waals surface area contributed by atoms with Crippen LogP contribution in [0, 0.1) is 0 Å². The van der Waals surface area contributed by atoms with E-state index < -0.39 is 30.1 Å². The van der Waals surface area contributed by atoms with Gasteiger partial charge in [-0.15, -0.1) is 0 Å². The summed E-state index contributed by atoms with van der Waals surface area (Å²) >= 11 is 0. The number of carbonyl (C=O) groups is 3. The van der Waals surface area contributed by atoms with Gasteiger partial charge in [-0.2, -0.15) is 0 Å². The van der Waals surface area contributed by atoms with E-state index in [1.165, 1.54) is 13.8 Å². The van der Waals surface area contributed by atoms with Crippen molar-refractivity contribution in [2.75, 3.05) is 0 Å². The molecule has 0 saturated heterocycles. The van der Waals surface area contributed by atoms with Crippen molar-refractivity contribution in [3.05, 3.63) is 35.9 Å². The van der Waals surface area contributed by atoms with Crippen molar-refractivity contribution in [3.8, 4) is 0 Å². The summed E-state index contributed by atoms with van der Waals surface area (Å²) in [4.78, 5) is 33.8. The number of carboxylic acid groups (broad SMARTS) is 1. The Morgan fingerprint density at radius 2 is 1.71 bits per heavy atom. The molecule has 0 aliphatic heterocycles. The van der Waals surface area contributed by atoms with Crippen molar-refractivity contribution in [1.82, 2.24) is 10.6 Å². The first-order valence-corrected chi connectivity index (χ1v) is 6.40. The van der Waals surface area contributed by atoms with E-state index in [2.05, 4.69) is 10.6 Å². The lowest BCUT2D eigenvalue weighted by Gasteiger charge is -2.16. The topological polar surface area (TPSA) is 105 Å². The average molecular weight is 294 g/mol.